The lowest BCUT2D eigenvalue weighted by molar-refractivity contribution is 0.112. The van der Waals surface area contributed by atoms with Crippen molar-refractivity contribution in [3.8, 4) is 5.75 Å². The molecular weight excluding hydrogens is 176 g/mol. The SMILES string of the molecule is COCCOc1csc(C=O)c1. The van der Waals surface area contributed by atoms with E-state index in [4.69, 9.17) is 9.47 Å². The van der Waals surface area contributed by atoms with Crippen molar-refractivity contribution >= 4 is 17.6 Å². The van der Waals surface area contributed by atoms with Crippen molar-refractivity contribution in [2.24, 2.45) is 0 Å². The van der Waals surface area contributed by atoms with Crippen molar-refractivity contribution in [1.29, 1.82) is 0 Å². The number of hydrogen-bond acceptors (Lipinski definition) is 4. The van der Waals surface area contributed by atoms with Crippen LogP contribution in [-0.2, 0) is 4.74 Å². The van der Waals surface area contributed by atoms with Gasteiger partial charge in [0.05, 0.1) is 11.5 Å². The largest absolute Gasteiger partial charge is 0.490 e. The van der Waals surface area contributed by atoms with E-state index in [0.29, 0.717) is 18.1 Å². The van der Waals surface area contributed by atoms with Gasteiger partial charge in [-0.15, -0.1) is 11.3 Å². The van der Waals surface area contributed by atoms with Crippen LogP contribution in [0, 0.1) is 0 Å². The van der Waals surface area contributed by atoms with Gasteiger partial charge in [0.2, 0.25) is 0 Å². The maximum atomic E-state index is 10.3. The molecule has 1 rings (SSSR count). The number of thiophene rings is 1. The Morgan fingerprint density at radius 2 is 2.42 bits per heavy atom. The molecule has 0 spiro atoms. The van der Waals surface area contributed by atoms with E-state index in [2.05, 4.69) is 0 Å². The van der Waals surface area contributed by atoms with Crippen LogP contribution in [0.25, 0.3) is 0 Å². The monoisotopic (exact) mass is 186 g/mol. The average Bonchev–Trinajstić information content (AvgIpc) is 2.53. The van der Waals surface area contributed by atoms with E-state index < -0.39 is 0 Å². The maximum Gasteiger partial charge on any atom is 0.160 e. The molecule has 12 heavy (non-hydrogen) atoms. The zero-order valence-corrected chi connectivity index (χ0v) is 7.60. The van der Waals surface area contributed by atoms with Crippen LogP contribution in [0.2, 0.25) is 0 Å². The third-order valence-corrected chi connectivity index (χ3v) is 2.10. The Labute approximate surface area is 74.9 Å². The molecule has 0 aromatic carbocycles. The molecule has 0 aliphatic heterocycles. The summed E-state index contributed by atoms with van der Waals surface area (Å²) in [6, 6.07) is 1.72. The minimum absolute atomic E-state index is 0.519. The topological polar surface area (TPSA) is 35.5 Å². The molecule has 0 amide bonds. The van der Waals surface area contributed by atoms with Crippen LogP contribution in [0.4, 0.5) is 0 Å². The van der Waals surface area contributed by atoms with Gasteiger partial charge < -0.3 is 9.47 Å². The fraction of sp³-hybridized carbons (Fsp3) is 0.375. The summed E-state index contributed by atoms with van der Waals surface area (Å²) < 4.78 is 10.1. The van der Waals surface area contributed by atoms with Crippen LogP contribution in [0.3, 0.4) is 0 Å². The molecule has 1 aromatic rings. The molecule has 0 radical (unpaired) electrons. The van der Waals surface area contributed by atoms with Gasteiger partial charge in [0, 0.05) is 18.6 Å². The highest BCUT2D eigenvalue weighted by atomic mass is 32.1. The quantitative estimate of drug-likeness (QED) is 0.517. The molecule has 0 fully saturated rings. The number of hydrogen-bond donors (Lipinski definition) is 0. The van der Waals surface area contributed by atoms with Crippen molar-refractivity contribution in [2.45, 2.75) is 0 Å². The van der Waals surface area contributed by atoms with E-state index >= 15 is 0 Å². The van der Waals surface area contributed by atoms with Gasteiger partial charge in [-0.1, -0.05) is 0 Å². The number of carbonyl (C=O) groups is 1. The molecular formula is C8H10O3S. The molecule has 3 nitrogen and oxygen atoms in total. The van der Waals surface area contributed by atoms with Gasteiger partial charge in [0.25, 0.3) is 0 Å². The van der Waals surface area contributed by atoms with Crippen LogP contribution in [0.1, 0.15) is 9.67 Å². The van der Waals surface area contributed by atoms with E-state index in [9.17, 15) is 4.79 Å². The average molecular weight is 186 g/mol. The van der Waals surface area contributed by atoms with E-state index in [1.165, 1.54) is 11.3 Å². The summed E-state index contributed by atoms with van der Waals surface area (Å²) in [6.07, 6.45) is 0.813. The van der Waals surface area contributed by atoms with Crippen LogP contribution < -0.4 is 4.74 Å². The fourth-order valence-electron chi connectivity index (χ4n) is 0.715. The minimum Gasteiger partial charge on any atom is -0.490 e. The van der Waals surface area contributed by atoms with Gasteiger partial charge in [-0.2, -0.15) is 0 Å². The van der Waals surface area contributed by atoms with Crippen molar-refractivity contribution in [3.63, 3.8) is 0 Å². The number of rotatable bonds is 5. The third kappa shape index (κ3) is 2.64. The Bertz CT molecular complexity index is 244. The van der Waals surface area contributed by atoms with Crippen LogP contribution in [0.15, 0.2) is 11.4 Å². The van der Waals surface area contributed by atoms with Crippen molar-refractivity contribution in [1.82, 2.24) is 0 Å². The summed E-state index contributed by atoms with van der Waals surface area (Å²) in [4.78, 5) is 11.0. The van der Waals surface area contributed by atoms with Crippen molar-refractivity contribution in [2.75, 3.05) is 20.3 Å². The third-order valence-electron chi connectivity index (χ3n) is 1.27. The normalized spacial score (nSPS) is 9.75. The van der Waals surface area contributed by atoms with Crippen LogP contribution in [0.5, 0.6) is 5.75 Å². The molecule has 0 bridgehead atoms. The predicted octanol–water partition coefficient (Wildman–Crippen LogP) is 1.59. The first kappa shape index (κ1) is 9.22. The number of ether oxygens (including phenoxy) is 2. The summed E-state index contributed by atoms with van der Waals surface area (Å²) in [5, 5.41) is 1.80. The van der Waals surface area contributed by atoms with E-state index in [1.54, 1.807) is 18.6 Å². The summed E-state index contributed by atoms with van der Waals surface area (Å²) in [5.74, 6) is 0.735. The van der Waals surface area contributed by atoms with E-state index in [-0.39, 0.29) is 0 Å². The molecule has 0 N–H and O–H groups in total. The van der Waals surface area contributed by atoms with E-state index in [0.717, 1.165) is 12.0 Å². The first-order chi connectivity index (χ1) is 5.86. The highest BCUT2D eigenvalue weighted by Crippen LogP contribution is 2.19. The minimum atomic E-state index is 0.519. The molecule has 1 aromatic heterocycles. The molecule has 0 aliphatic rings. The molecule has 0 saturated carbocycles. The highest BCUT2D eigenvalue weighted by molar-refractivity contribution is 7.11. The van der Waals surface area contributed by atoms with Gasteiger partial charge in [0.15, 0.2) is 6.29 Å². The molecule has 0 saturated heterocycles. The predicted molar refractivity (Wildman–Crippen MR) is 47.1 cm³/mol. The Hall–Kier alpha value is -0.870. The van der Waals surface area contributed by atoms with E-state index in [1.807, 2.05) is 0 Å². The molecule has 66 valence electrons. The molecule has 1 heterocycles. The Balaban J connectivity index is 2.36. The fourth-order valence-corrected chi connectivity index (χ4v) is 1.34. The van der Waals surface area contributed by atoms with Crippen LogP contribution >= 0.6 is 11.3 Å². The molecule has 4 heteroatoms. The zero-order valence-electron chi connectivity index (χ0n) is 6.78. The van der Waals surface area contributed by atoms with Gasteiger partial charge in [-0.25, -0.2) is 0 Å². The maximum absolute atomic E-state index is 10.3. The number of aldehydes is 1. The first-order valence-electron chi connectivity index (χ1n) is 3.52. The molecule has 0 aliphatic carbocycles. The lowest BCUT2D eigenvalue weighted by atomic mass is 10.5. The Kier molecular flexibility index (Phi) is 3.76. The Morgan fingerprint density at radius 3 is 3.00 bits per heavy atom. The summed E-state index contributed by atoms with van der Waals surface area (Å²) >= 11 is 1.37. The number of methoxy groups -OCH3 is 1. The summed E-state index contributed by atoms with van der Waals surface area (Å²) in [7, 11) is 1.62. The van der Waals surface area contributed by atoms with Gasteiger partial charge in [-0.05, 0) is 0 Å². The molecule has 0 atom stereocenters. The lowest BCUT2D eigenvalue weighted by Crippen LogP contribution is -2.03. The second-order valence-corrected chi connectivity index (χ2v) is 3.09. The molecule has 0 unspecified atom stereocenters. The van der Waals surface area contributed by atoms with Gasteiger partial charge in [-0.3, -0.25) is 4.79 Å². The summed E-state index contributed by atoms with van der Waals surface area (Å²) in [5.41, 5.74) is 0. The number of carbonyl (C=O) groups excluding carboxylic acids is 1. The first-order valence-corrected chi connectivity index (χ1v) is 4.40. The standard InChI is InChI=1S/C8H10O3S/c1-10-2-3-11-7-4-8(5-9)12-6-7/h4-6H,2-3H2,1H3. The zero-order chi connectivity index (χ0) is 8.81. The Morgan fingerprint density at radius 1 is 1.58 bits per heavy atom. The van der Waals surface area contributed by atoms with Crippen LogP contribution in [-0.4, -0.2) is 26.6 Å². The lowest BCUT2D eigenvalue weighted by Gasteiger charge is -2.00. The van der Waals surface area contributed by atoms with Crippen molar-refractivity contribution < 1.29 is 14.3 Å². The van der Waals surface area contributed by atoms with Crippen molar-refractivity contribution in [3.05, 3.63) is 16.3 Å². The smallest absolute Gasteiger partial charge is 0.160 e. The van der Waals surface area contributed by atoms with Gasteiger partial charge >= 0.3 is 0 Å². The summed E-state index contributed by atoms with van der Waals surface area (Å²) in [6.45, 7) is 1.08. The second kappa shape index (κ2) is 4.90. The highest BCUT2D eigenvalue weighted by Gasteiger charge is 1.98. The van der Waals surface area contributed by atoms with Gasteiger partial charge in [0.1, 0.15) is 12.4 Å². The second-order valence-electron chi connectivity index (χ2n) is 2.14.